The number of ether oxygens (including phenoxy) is 1. The summed E-state index contributed by atoms with van der Waals surface area (Å²) in [4.78, 5) is 34.5. The van der Waals surface area contributed by atoms with Crippen molar-refractivity contribution in [3.05, 3.63) is 100.0 Å². The van der Waals surface area contributed by atoms with Crippen molar-refractivity contribution in [1.82, 2.24) is 14.9 Å². The molecule has 0 atom stereocenters. The van der Waals surface area contributed by atoms with E-state index in [-0.39, 0.29) is 23.5 Å². The number of nitro groups is 1. The highest BCUT2D eigenvalue weighted by atomic mass is 16.6. The van der Waals surface area contributed by atoms with E-state index in [0.717, 1.165) is 16.6 Å². The molecule has 0 N–H and O–H groups in total. The highest BCUT2D eigenvalue weighted by Crippen LogP contribution is 2.30. The summed E-state index contributed by atoms with van der Waals surface area (Å²) in [5, 5.41) is 12.2. The molecule has 0 saturated heterocycles. The fourth-order valence-electron chi connectivity index (χ4n) is 3.36. The first-order valence-electron chi connectivity index (χ1n) is 9.91. The second kappa shape index (κ2) is 8.81. The molecule has 160 valence electrons. The lowest BCUT2D eigenvalue weighted by molar-refractivity contribution is -0.384. The van der Waals surface area contributed by atoms with Crippen LogP contribution in [0.25, 0.3) is 10.9 Å². The second-order valence-corrected chi connectivity index (χ2v) is 7.26. The lowest BCUT2D eigenvalue weighted by Gasteiger charge is -2.19. The average Bonchev–Trinajstić information content (AvgIpc) is 2.79. The number of nitro benzene ring substituents is 1. The standard InChI is InChI=1S/C24H20N4O4/c1-16-19-10-6-7-11-21(19)26-23(25-16)15-27(2)24(29)20-14-17(28(30)31)12-13-22(20)32-18-8-4-3-5-9-18/h3-14H,15H2,1-2H3. The van der Waals surface area contributed by atoms with Gasteiger partial charge in [-0.3, -0.25) is 14.9 Å². The number of para-hydroxylation sites is 2. The number of non-ortho nitro benzene ring substituents is 1. The van der Waals surface area contributed by atoms with Crippen molar-refractivity contribution in [2.24, 2.45) is 0 Å². The Balaban J connectivity index is 1.65. The smallest absolute Gasteiger partial charge is 0.270 e. The molecule has 0 saturated carbocycles. The number of amides is 1. The van der Waals surface area contributed by atoms with Gasteiger partial charge in [-0.25, -0.2) is 9.97 Å². The van der Waals surface area contributed by atoms with Crippen LogP contribution in [0.15, 0.2) is 72.8 Å². The summed E-state index contributed by atoms with van der Waals surface area (Å²) in [6, 6.07) is 20.5. The van der Waals surface area contributed by atoms with Gasteiger partial charge in [0.1, 0.15) is 17.3 Å². The number of rotatable bonds is 6. The molecule has 1 heterocycles. The summed E-state index contributed by atoms with van der Waals surface area (Å²) in [7, 11) is 1.60. The van der Waals surface area contributed by atoms with E-state index in [1.807, 2.05) is 37.3 Å². The number of nitrogens with zero attached hydrogens (tertiary/aromatic N) is 4. The third-order valence-electron chi connectivity index (χ3n) is 4.94. The summed E-state index contributed by atoms with van der Waals surface area (Å²) in [6.07, 6.45) is 0. The Labute approximate surface area is 184 Å². The van der Waals surface area contributed by atoms with Gasteiger partial charge >= 0.3 is 0 Å². The van der Waals surface area contributed by atoms with Gasteiger partial charge in [0.15, 0.2) is 0 Å². The third kappa shape index (κ3) is 4.39. The van der Waals surface area contributed by atoms with Crippen LogP contribution in [0.5, 0.6) is 11.5 Å². The van der Waals surface area contributed by atoms with E-state index in [4.69, 9.17) is 4.74 Å². The first kappa shape index (κ1) is 20.9. The molecule has 4 rings (SSSR count). The van der Waals surface area contributed by atoms with E-state index in [9.17, 15) is 14.9 Å². The molecule has 0 aliphatic carbocycles. The molecule has 0 unspecified atom stereocenters. The molecule has 0 bridgehead atoms. The Hall–Kier alpha value is -4.33. The Bertz CT molecular complexity index is 1310. The van der Waals surface area contributed by atoms with Gasteiger partial charge in [0, 0.05) is 30.3 Å². The maximum Gasteiger partial charge on any atom is 0.270 e. The van der Waals surface area contributed by atoms with Crippen LogP contribution in [-0.2, 0) is 6.54 Å². The number of carbonyl (C=O) groups excluding carboxylic acids is 1. The van der Waals surface area contributed by atoms with Crippen molar-refractivity contribution < 1.29 is 14.5 Å². The Morgan fingerprint density at radius 2 is 1.75 bits per heavy atom. The predicted molar refractivity (Wildman–Crippen MR) is 120 cm³/mol. The number of hydrogen-bond acceptors (Lipinski definition) is 6. The number of carbonyl (C=O) groups is 1. The summed E-state index contributed by atoms with van der Waals surface area (Å²) in [6.45, 7) is 2.03. The van der Waals surface area contributed by atoms with Gasteiger partial charge in [-0.05, 0) is 31.2 Å². The van der Waals surface area contributed by atoms with Crippen LogP contribution in [0.2, 0.25) is 0 Å². The first-order valence-corrected chi connectivity index (χ1v) is 9.91. The molecule has 0 aliphatic rings. The van der Waals surface area contributed by atoms with Gasteiger partial charge in [0.2, 0.25) is 0 Å². The lowest BCUT2D eigenvalue weighted by Crippen LogP contribution is -2.27. The fraction of sp³-hybridized carbons (Fsp3) is 0.125. The van der Waals surface area contributed by atoms with Gasteiger partial charge in [-0.1, -0.05) is 36.4 Å². The fourth-order valence-corrected chi connectivity index (χ4v) is 3.36. The van der Waals surface area contributed by atoms with Crippen molar-refractivity contribution in [2.45, 2.75) is 13.5 Å². The van der Waals surface area contributed by atoms with Crippen molar-refractivity contribution in [2.75, 3.05) is 7.05 Å². The summed E-state index contributed by atoms with van der Waals surface area (Å²) in [5.41, 5.74) is 1.50. The average molecular weight is 428 g/mol. The van der Waals surface area contributed by atoms with Crippen LogP contribution in [0.1, 0.15) is 21.9 Å². The maximum atomic E-state index is 13.3. The van der Waals surface area contributed by atoms with Crippen LogP contribution in [-0.4, -0.2) is 32.7 Å². The number of fused-ring (bicyclic) bond motifs is 1. The van der Waals surface area contributed by atoms with Crippen LogP contribution in [0.4, 0.5) is 5.69 Å². The van der Waals surface area contributed by atoms with Crippen molar-refractivity contribution >= 4 is 22.5 Å². The molecular formula is C24H20N4O4. The largest absolute Gasteiger partial charge is 0.457 e. The van der Waals surface area contributed by atoms with Crippen molar-refractivity contribution in [3.63, 3.8) is 0 Å². The van der Waals surface area contributed by atoms with Gasteiger partial charge < -0.3 is 9.64 Å². The van der Waals surface area contributed by atoms with Gasteiger partial charge in [0.25, 0.3) is 11.6 Å². The highest BCUT2D eigenvalue weighted by molar-refractivity contribution is 5.97. The van der Waals surface area contributed by atoms with E-state index in [1.54, 1.807) is 31.3 Å². The predicted octanol–water partition coefficient (Wildman–Crippen LogP) is 4.91. The number of aromatic nitrogens is 2. The zero-order valence-electron chi connectivity index (χ0n) is 17.6. The van der Waals surface area contributed by atoms with Crippen LogP contribution in [0, 0.1) is 17.0 Å². The zero-order valence-corrected chi connectivity index (χ0v) is 17.6. The third-order valence-corrected chi connectivity index (χ3v) is 4.94. The quantitative estimate of drug-likeness (QED) is 0.320. The molecule has 0 radical (unpaired) electrons. The summed E-state index contributed by atoms with van der Waals surface area (Å²) < 4.78 is 5.84. The second-order valence-electron chi connectivity index (χ2n) is 7.26. The zero-order chi connectivity index (χ0) is 22.7. The minimum absolute atomic E-state index is 0.0862. The van der Waals surface area contributed by atoms with E-state index in [0.29, 0.717) is 11.6 Å². The number of hydrogen-bond donors (Lipinski definition) is 0. The molecule has 0 fully saturated rings. The van der Waals surface area contributed by atoms with Crippen molar-refractivity contribution in [1.29, 1.82) is 0 Å². The molecule has 1 amide bonds. The Kier molecular flexibility index (Phi) is 5.76. The normalized spacial score (nSPS) is 10.7. The summed E-state index contributed by atoms with van der Waals surface area (Å²) in [5.74, 6) is 0.794. The van der Waals surface area contributed by atoms with Crippen molar-refractivity contribution in [3.8, 4) is 11.5 Å². The van der Waals surface area contributed by atoms with E-state index >= 15 is 0 Å². The molecule has 0 spiro atoms. The molecule has 0 aliphatic heterocycles. The van der Waals surface area contributed by atoms with E-state index in [2.05, 4.69) is 9.97 Å². The van der Waals surface area contributed by atoms with Crippen LogP contribution >= 0.6 is 0 Å². The maximum absolute atomic E-state index is 13.3. The number of aryl methyl sites for hydroxylation is 1. The summed E-state index contributed by atoms with van der Waals surface area (Å²) >= 11 is 0. The van der Waals surface area contributed by atoms with Crippen LogP contribution in [0.3, 0.4) is 0 Å². The van der Waals surface area contributed by atoms with Gasteiger partial charge in [-0.2, -0.15) is 0 Å². The topological polar surface area (TPSA) is 98.5 Å². The van der Waals surface area contributed by atoms with E-state index in [1.165, 1.54) is 23.1 Å². The molecule has 8 heteroatoms. The molecule has 3 aromatic carbocycles. The minimum atomic E-state index is -0.543. The monoisotopic (exact) mass is 428 g/mol. The Morgan fingerprint density at radius 3 is 2.50 bits per heavy atom. The molecule has 4 aromatic rings. The van der Waals surface area contributed by atoms with Gasteiger partial charge in [0.05, 0.1) is 22.5 Å². The molecule has 32 heavy (non-hydrogen) atoms. The molecule has 8 nitrogen and oxygen atoms in total. The first-order chi connectivity index (χ1) is 15.4. The van der Waals surface area contributed by atoms with E-state index < -0.39 is 10.8 Å². The van der Waals surface area contributed by atoms with Gasteiger partial charge in [-0.15, -0.1) is 0 Å². The Morgan fingerprint density at radius 1 is 1.03 bits per heavy atom. The number of benzene rings is 3. The molecular weight excluding hydrogens is 408 g/mol. The SMILES string of the molecule is Cc1nc(CN(C)C(=O)c2cc([N+](=O)[O-])ccc2Oc2ccccc2)nc2ccccc12. The minimum Gasteiger partial charge on any atom is -0.457 e. The molecule has 1 aromatic heterocycles. The highest BCUT2D eigenvalue weighted by Gasteiger charge is 2.22. The lowest BCUT2D eigenvalue weighted by atomic mass is 10.1. The van der Waals surface area contributed by atoms with Crippen LogP contribution < -0.4 is 4.74 Å².